The first kappa shape index (κ1) is 15.9. The van der Waals surface area contributed by atoms with Gasteiger partial charge in [-0.3, -0.25) is 10.1 Å². The topological polar surface area (TPSA) is 69.4 Å². The molecule has 0 saturated carbocycles. The molecule has 22 heavy (non-hydrogen) atoms. The number of hydrogen-bond acceptors (Lipinski definition) is 4. The number of halogens is 1. The van der Waals surface area contributed by atoms with Crippen LogP contribution in [0.5, 0.6) is 5.75 Å². The van der Waals surface area contributed by atoms with Gasteiger partial charge in [0.25, 0.3) is 5.69 Å². The molecular formula is C16H12BrNO4. The second kappa shape index (κ2) is 7.00. The van der Waals surface area contributed by atoms with E-state index < -0.39 is 10.9 Å². The Hall–Kier alpha value is -2.47. The number of nitro benzene ring substituents is 1. The van der Waals surface area contributed by atoms with Gasteiger partial charge >= 0.3 is 5.97 Å². The number of nitro groups is 1. The molecule has 0 spiro atoms. The van der Waals surface area contributed by atoms with Gasteiger partial charge in [0.05, 0.1) is 4.92 Å². The van der Waals surface area contributed by atoms with Gasteiger partial charge < -0.3 is 4.74 Å². The maximum atomic E-state index is 11.8. The molecule has 0 aromatic heterocycles. The highest BCUT2D eigenvalue weighted by atomic mass is 79.9. The van der Waals surface area contributed by atoms with E-state index in [1.165, 1.54) is 30.3 Å². The minimum absolute atomic E-state index is 0.0543. The summed E-state index contributed by atoms with van der Waals surface area (Å²) in [7, 11) is 0. The van der Waals surface area contributed by atoms with Gasteiger partial charge in [0, 0.05) is 22.7 Å². The highest BCUT2D eigenvalue weighted by molar-refractivity contribution is 9.10. The number of non-ortho nitro benzene ring substituents is 1. The molecule has 0 aliphatic rings. The molecule has 0 aliphatic heterocycles. The molecule has 0 atom stereocenters. The molecule has 0 amide bonds. The Labute approximate surface area is 135 Å². The largest absolute Gasteiger partial charge is 0.423 e. The third-order valence-electron chi connectivity index (χ3n) is 2.90. The van der Waals surface area contributed by atoms with E-state index in [9.17, 15) is 14.9 Å². The van der Waals surface area contributed by atoms with Crippen LogP contribution in [-0.2, 0) is 4.79 Å². The second-order valence-electron chi connectivity index (χ2n) is 4.51. The first-order valence-corrected chi connectivity index (χ1v) is 7.15. The molecule has 2 aromatic carbocycles. The van der Waals surface area contributed by atoms with E-state index in [-0.39, 0.29) is 11.4 Å². The molecule has 0 N–H and O–H groups in total. The molecule has 0 aliphatic carbocycles. The van der Waals surface area contributed by atoms with Gasteiger partial charge in [0.15, 0.2) is 0 Å². The van der Waals surface area contributed by atoms with Gasteiger partial charge in [-0.15, -0.1) is 0 Å². The fourth-order valence-corrected chi connectivity index (χ4v) is 2.02. The van der Waals surface area contributed by atoms with Gasteiger partial charge in [-0.05, 0) is 42.3 Å². The summed E-state index contributed by atoms with van der Waals surface area (Å²) in [6, 6.07) is 12.9. The fraction of sp³-hybridized carbons (Fsp3) is 0.0625. The minimum atomic E-state index is -0.533. The zero-order valence-electron chi connectivity index (χ0n) is 11.7. The van der Waals surface area contributed by atoms with E-state index in [1.54, 1.807) is 6.92 Å². The zero-order chi connectivity index (χ0) is 16.1. The van der Waals surface area contributed by atoms with E-state index >= 15 is 0 Å². The maximum absolute atomic E-state index is 11.8. The standard InChI is InChI=1S/C16H12BrNO4/c1-11(12-2-4-13(17)5-3-12)10-16(19)22-15-8-6-14(7-9-15)18(20)21/h2-10H,1H3/b11-10+. The molecule has 2 rings (SSSR count). The van der Waals surface area contributed by atoms with Crippen molar-refractivity contribution in [2.45, 2.75) is 6.92 Å². The highest BCUT2D eigenvalue weighted by Gasteiger charge is 2.07. The molecule has 2 aromatic rings. The number of carbonyl (C=O) groups excluding carboxylic acids is 1. The monoisotopic (exact) mass is 361 g/mol. The number of esters is 1. The molecule has 6 heteroatoms. The van der Waals surface area contributed by atoms with Crippen LogP contribution in [0.15, 0.2) is 59.1 Å². The summed E-state index contributed by atoms with van der Waals surface area (Å²) in [4.78, 5) is 21.9. The quantitative estimate of drug-likeness (QED) is 0.266. The summed E-state index contributed by atoms with van der Waals surface area (Å²) in [6.45, 7) is 1.81. The molecule has 112 valence electrons. The first-order chi connectivity index (χ1) is 10.5. The summed E-state index contributed by atoms with van der Waals surface area (Å²) in [5.41, 5.74) is 1.62. The summed E-state index contributed by atoms with van der Waals surface area (Å²) in [5, 5.41) is 10.5. The molecule has 0 unspecified atom stereocenters. The third kappa shape index (κ3) is 4.26. The molecule has 0 heterocycles. The minimum Gasteiger partial charge on any atom is -0.423 e. The Morgan fingerprint density at radius 1 is 1.14 bits per heavy atom. The number of rotatable bonds is 4. The lowest BCUT2D eigenvalue weighted by molar-refractivity contribution is -0.384. The highest BCUT2D eigenvalue weighted by Crippen LogP contribution is 2.20. The molecule has 5 nitrogen and oxygen atoms in total. The van der Waals surface area contributed by atoms with Crippen molar-refractivity contribution in [3.63, 3.8) is 0 Å². The molecule has 0 bridgehead atoms. The van der Waals surface area contributed by atoms with Gasteiger partial charge in [-0.1, -0.05) is 28.1 Å². The van der Waals surface area contributed by atoms with Crippen LogP contribution >= 0.6 is 15.9 Å². The van der Waals surface area contributed by atoms with Crippen LogP contribution in [0.2, 0.25) is 0 Å². The lowest BCUT2D eigenvalue weighted by Gasteiger charge is -2.03. The Bertz CT molecular complexity index is 721. The Morgan fingerprint density at radius 2 is 1.73 bits per heavy atom. The van der Waals surface area contributed by atoms with E-state index in [1.807, 2.05) is 24.3 Å². The van der Waals surface area contributed by atoms with Crippen LogP contribution in [0.4, 0.5) is 5.69 Å². The second-order valence-corrected chi connectivity index (χ2v) is 5.42. The van der Waals surface area contributed by atoms with E-state index in [0.29, 0.717) is 0 Å². The Kier molecular flexibility index (Phi) is 5.06. The van der Waals surface area contributed by atoms with Crippen LogP contribution in [0, 0.1) is 10.1 Å². The third-order valence-corrected chi connectivity index (χ3v) is 3.43. The van der Waals surface area contributed by atoms with Gasteiger partial charge in [0.1, 0.15) is 5.75 Å². The number of ether oxygens (including phenoxy) is 1. The number of nitrogens with zero attached hydrogens (tertiary/aromatic N) is 1. The Balaban J connectivity index is 2.06. The number of benzene rings is 2. The van der Waals surface area contributed by atoms with Crippen molar-refractivity contribution in [3.05, 3.63) is 74.8 Å². The summed E-state index contributed by atoms with van der Waals surface area (Å²) in [5.74, 6) is -0.273. The van der Waals surface area contributed by atoms with Crippen molar-refractivity contribution < 1.29 is 14.5 Å². The van der Waals surface area contributed by atoms with Crippen LogP contribution in [0.1, 0.15) is 12.5 Å². The molecule has 0 fully saturated rings. The lowest BCUT2D eigenvalue weighted by Crippen LogP contribution is -2.04. The number of hydrogen-bond donors (Lipinski definition) is 0. The molecule has 0 radical (unpaired) electrons. The predicted molar refractivity (Wildman–Crippen MR) is 86.5 cm³/mol. The lowest BCUT2D eigenvalue weighted by atomic mass is 10.1. The fourth-order valence-electron chi connectivity index (χ4n) is 1.75. The van der Waals surface area contributed by atoms with Gasteiger partial charge in [-0.25, -0.2) is 4.79 Å². The number of carbonyl (C=O) groups is 1. The smallest absolute Gasteiger partial charge is 0.336 e. The van der Waals surface area contributed by atoms with E-state index in [4.69, 9.17) is 4.74 Å². The average Bonchev–Trinajstić information content (AvgIpc) is 2.48. The van der Waals surface area contributed by atoms with Gasteiger partial charge in [0.2, 0.25) is 0 Å². The first-order valence-electron chi connectivity index (χ1n) is 6.36. The van der Waals surface area contributed by atoms with Crippen LogP contribution < -0.4 is 4.74 Å². The van der Waals surface area contributed by atoms with Crippen molar-refractivity contribution in [1.82, 2.24) is 0 Å². The maximum Gasteiger partial charge on any atom is 0.336 e. The molecule has 0 saturated heterocycles. The van der Waals surface area contributed by atoms with Crippen molar-refractivity contribution in [2.24, 2.45) is 0 Å². The summed E-state index contributed by atoms with van der Waals surface area (Å²) in [6.07, 6.45) is 1.38. The van der Waals surface area contributed by atoms with Crippen LogP contribution in [0.3, 0.4) is 0 Å². The summed E-state index contributed by atoms with van der Waals surface area (Å²) < 4.78 is 6.07. The SMILES string of the molecule is C/C(=C\C(=O)Oc1ccc([N+](=O)[O-])cc1)c1ccc(Br)cc1. The van der Waals surface area contributed by atoms with E-state index in [2.05, 4.69) is 15.9 Å². The Morgan fingerprint density at radius 3 is 2.27 bits per heavy atom. The van der Waals surface area contributed by atoms with Crippen LogP contribution in [0.25, 0.3) is 5.57 Å². The van der Waals surface area contributed by atoms with Crippen molar-refractivity contribution >= 4 is 33.2 Å². The molecular weight excluding hydrogens is 350 g/mol. The average molecular weight is 362 g/mol. The van der Waals surface area contributed by atoms with Gasteiger partial charge in [-0.2, -0.15) is 0 Å². The van der Waals surface area contributed by atoms with Crippen LogP contribution in [-0.4, -0.2) is 10.9 Å². The predicted octanol–water partition coefficient (Wildman–Crippen LogP) is 4.37. The number of allylic oxidation sites excluding steroid dienone is 1. The van der Waals surface area contributed by atoms with Crippen molar-refractivity contribution in [3.8, 4) is 5.75 Å². The van der Waals surface area contributed by atoms with Crippen molar-refractivity contribution in [2.75, 3.05) is 0 Å². The zero-order valence-corrected chi connectivity index (χ0v) is 13.2. The van der Waals surface area contributed by atoms with Crippen molar-refractivity contribution in [1.29, 1.82) is 0 Å². The van der Waals surface area contributed by atoms with E-state index in [0.717, 1.165) is 15.6 Å². The summed E-state index contributed by atoms with van der Waals surface area (Å²) >= 11 is 3.35. The normalized spacial score (nSPS) is 11.1.